The topological polar surface area (TPSA) is 115 Å². The van der Waals surface area contributed by atoms with Crippen LogP contribution in [0.15, 0.2) is 0 Å². The highest BCUT2D eigenvalue weighted by atomic mass is 32.2. The summed E-state index contributed by atoms with van der Waals surface area (Å²) in [6.45, 7) is -0.729. The van der Waals surface area contributed by atoms with Crippen LogP contribution >= 0.6 is 0 Å². The fraction of sp³-hybridized carbons (Fsp3) is 1.00. The summed E-state index contributed by atoms with van der Waals surface area (Å²) in [5, 5.41) is 24.0. The lowest BCUT2D eigenvalue weighted by atomic mass is 10.4. The molecule has 6 nitrogen and oxygen atoms in total. The number of aliphatic hydroxyl groups is 3. The van der Waals surface area contributed by atoms with E-state index in [1.54, 1.807) is 0 Å². The van der Waals surface area contributed by atoms with Gasteiger partial charge in [-0.2, -0.15) is 8.42 Å². The molecule has 0 unspecified atom stereocenters. The molecule has 70 valence electrons. The van der Waals surface area contributed by atoms with E-state index >= 15 is 0 Å². The summed E-state index contributed by atoms with van der Waals surface area (Å²) in [7, 11) is -3.67. The Labute approximate surface area is 64.9 Å². The van der Waals surface area contributed by atoms with Crippen molar-refractivity contribution in [2.45, 2.75) is 6.10 Å². The molecule has 0 aromatic heterocycles. The summed E-state index contributed by atoms with van der Waals surface area (Å²) in [5.74, 6) is 0. The van der Waals surface area contributed by atoms with Gasteiger partial charge in [-0.3, -0.25) is 4.55 Å². The zero-order valence-corrected chi connectivity index (χ0v) is 6.82. The maximum atomic E-state index is 9.19. The molecule has 0 aromatic carbocycles. The van der Waals surface area contributed by atoms with E-state index in [0.29, 0.717) is 6.26 Å². The van der Waals surface area contributed by atoms with Crippen LogP contribution in [-0.2, 0) is 10.1 Å². The molecule has 7 heteroatoms. The van der Waals surface area contributed by atoms with Crippen molar-refractivity contribution in [2.24, 2.45) is 0 Å². The molecule has 0 spiro atoms. The second-order valence-electron chi connectivity index (χ2n) is 1.75. The zero-order valence-electron chi connectivity index (χ0n) is 6.01. The molecule has 11 heavy (non-hydrogen) atoms. The molecule has 0 heterocycles. The van der Waals surface area contributed by atoms with E-state index in [9.17, 15) is 8.42 Å². The average Bonchev–Trinajstić information content (AvgIpc) is 1.83. The quantitative estimate of drug-likeness (QED) is 0.367. The summed E-state index contributed by atoms with van der Waals surface area (Å²) in [6.07, 6.45) is -0.238. The van der Waals surface area contributed by atoms with E-state index in [-0.39, 0.29) is 13.2 Å². The van der Waals surface area contributed by atoms with E-state index in [4.69, 9.17) is 19.9 Å². The third-order valence-electron chi connectivity index (χ3n) is 0.421. The summed E-state index contributed by atoms with van der Waals surface area (Å²) >= 11 is 0. The van der Waals surface area contributed by atoms with Crippen LogP contribution in [-0.4, -0.2) is 53.9 Å². The van der Waals surface area contributed by atoms with E-state index in [0.717, 1.165) is 0 Å². The first-order chi connectivity index (χ1) is 4.81. The molecule has 0 rings (SSSR count). The van der Waals surface area contributed by atoms with Crippen molar-refractivity contribution in [1.29, 1.82) is 0 Å². The molecule has 0 aliphatic heterocycles. The second kappa shape index (κ2) is 6.50. The zero-order chi connectivity index (χ0) is 9.49. The third-order valence-corrected chi connectivity index (χ3v) is 0.421. The van der Waals surface area contributed by atoms with Gasteiger partial charge in [0.2, 0.25) is 0 Å². The predicted molar refractivity (Wildman–Crippen MR) is 37.7 cm³/mol. The SMILES string of the molecule is CS(=O)(=O)O.OCC(O)CO. The van der Waals surface area contributed by atoms with E-state index in [1.807, 2.05) is 0 Å². The van der Waals surface area contributed by atoms with E-state index in [2.05, 4.69) is 0 Å². The van der Waals surface area contributed by atoms with Crippen LogP contribution in [0, 0.1) is 0 Å². The minimum Gasteiger partial charge on any atom is -0.394 e. The Morgan fingerprint density at radius 3 is 1.45 bits per heavy atom. The monoisotopic (exact) mass is 188 g/mol. The van der Waals surface area contributed by atoms with Gasteiger partial charge in [-0.15, -0.1) is 0 Å². The molecule has 4 N–H and O–H groups in total. The molecular weight excluding hydrogens is 176 g/mol. The second-order valence-corrected chi connectivity index (χ2v) is 3.22. The summed E-state index contributed by atoms with van der Waals surface area (Å²) in [5.41, 5.74) is 0. The summed E-state index contributed by atoms with van der Waals surface area (Å²) in [4.78, 5) is 0. The molecule has 0 bridgehead atoms. The lowest BCUT2D eigenvalue weighted by Crippen LogP contribution is -2.15. The van der Waals surface area contributed by atoms with Gasteiger partial charge in [0.1, 0.15) is 6.10 Å². The van der Waals surface area contributed by atoms with Crippen molar-refractivity contribution in [3.63, 3.8) is 0 Å². The first-order valence-corrected chi connectivity index (χ1v) is 4.48. The summed E-state index contributed by atoms with van der Waals surface area (Å²) < 4.78 is 25.9. The number of hydrogen-bond acceptors (Lipinski definition) is 5. The predicted octanol–water partition coefficient (Wildman–Crippen LogP) is -2.16. The van der Waals surface area contributed by atoms with Crippen molar-refractivity contribution in [2.75, 3.05) is 19.5 Å². The molecular formula is C4H12O6S. The Morgan fingerprint density at radius 2 is 1.45 bits per heavy atom. The fourth-order valence-corrected chi connectivity index (χ4v) is 0.0577. The standard InChI is InChI=1S/C3H8O3.CH4O3S/c4-1-3(6)2-5;1-5(2,3)4/h3-6H,1-2H2;1H3,(H,2,3,4). The Balaban J connectivity index is 0. The Morgan fingerprint density at radius 1 is 1.27 bits per heavy atom. The lowest BCUT2D eigenvalue weighted by molar-refractivity contribution is 0.0450. The Kier molecular flexibility index (Phi) is 7.91. The number of hydrogen-bond donors (Lipinski definition) is 4. The van der Waals surface area contributed by atoms with Gasteiger partial charge in [-0.05, 0) is 0 Å². The highest BCUT2D eigenvalue weighted by Crippen LogP contribution is 1.71. The molecule has 0 saturated heterocycles. The molecule has 0 amide bonds. The summed E-state index contributed by atoms with van der Waals surface area (Å²) in [6, 6.07) is 0. The van der Waals surface area contributed by atoms with Crippen LogP contribution in [0.5, 0.6) is 0 Å². The van der Waals surface area contributed by atoms with Gasteiger partial charge in [0.25, 0.3) is 10.1 Å². The maximum Gasteiger partial charge on any atom is 0.261 e. The highest BCUT2D eigenvalue weighted by molar-refractivity contribution is 7.85. The molecule has 0 aliphatic carbocycles. The molecule has 0 atom stereocenters. The highest BCUT2D eigenvalue weighted by Gasteiger charge is 1.93. The fourth-order valence-electron chi connectivity index (χ4n) is 0.0577. The van der Waals surface area contributed by atoms with Gasteiger partial charge in [0.05, 0.1) is 19.5 Å². The first-order valence-electron chi connectivity index (χ1n) is 2.63. The van der Waals surface area contributed by atoms with Crippen molar-refractivity contribution in [3.05, 3.63) is 0 Å². The van der Waals surface area contributed by atoms with Crippen LogP contribution in [0.25, 0.3) is 0 Å². The molecule has 0 aliphatic rings. The average molecular weight is 188 g/mol. The van der Waals surface area contributed by atoms with Gasteiger partial charge in [-0.1, -0.05) is 0 Å². The van der Waals surface area contributed by atoms with Crippen molar-refractivity contribution in [3.8, 4) is 0 Å². The van der Waals surface area contributed by atoms with Crippen molar-refractivity contribution >= 4 is 10.1 Å². The van der Waals surface area contributed by atoms with Gasteiger partial charge in [-0.25, -0.2) is 0 Å². The Hall–Kier alpha value is -0.210. The first kappa shape index (κ1) is 13.4. The number of aliphatic hydroxyl groups excluding tert-OH is 3. The van der Waals surface area contributed by atoms with Crippen molar-refractivity contribution in [1.82, 2.24) is 0 Å². The molecule has 0 saturated carbocycles. The largest absolute Gasteiger partial charge is 0.394 e. The van der Waals surface area contributed by atoms with Gasteiger partial charge < -0.3 is 15.3 Å². The minimum atomic E-state index is -3.67. The lowest BCUT2D eigenvalue weighted by Gasteiger charge is -1.96. The van der Waals surface area contributed by atoms with Crippen LogP contribution < -0.4 is 0 Å². The van der Waals surface area contributed by atoms with Gasteiger partial charge in [0, 0.05) is 0 Å². The normalized spacial score (nSPS) is 10.7. The van der Waals surface area contributed by atoms with E-state index in [1.165, 1.54) is 0 Å². The van der Waals surface area contributed by atoms with Crippen LogP contribution in [0.4, 0.5) is 0 Å². The van der Waals surface area contributed by atoms with Crippen LogP contribution in [0.2, 0.25) is 0 Å². The van der Waals surface area contributed by atoms with Crippen LogP contribution in [0.3, 0.4) is 0 Å². The maximum absolute atomic E-state index is 9.19. The smallest absolute Gasteiger partial charge is 0.261 e. The molecule has 0 radical (unpaired) electrons. The van der Waals surface area contributed by atoms with Gasteiger partial charge in [0.15, 0.2) is 0 Å². The Bertz CT molecular complexity index is 149. The molecule has 0 fully saturated rings. The number of rotatable bonds is 2. The van der Waals surface area contributed by atoms with Gasteiger partial charge >= 0.3 is 0 Å². The molecule has 0 aromatic rings. The van der Waals surface area contributed by atoms with Crippen molar-refractivity contribution < 1.29 is 28.3 Å². The van der Waals surface area contributed by atoms with Crippen LogP contribution in [0.1, 0.15) is 0 Å². The van der Waals surface area contributed by atoms with E-state index < -0.39 is 16.2 Å². The minimum absolute atomic E-state index is 0.365. The third kappa shape index (κ3) is 41.4.